The van der Waals surface area contributed by atoms with Crippen molar-refractivity contribution in [3.63, 3.8) is 0 Å². The summed E-state index contributed by atoms with van der Waals surface area (Å²) in [6.07, 6.45) is 1.94. The van der Waals surface area contributed by atoms with E-state index in [1.807, 2.05) is 35.8 Å². The van der Waals surface area contributed by atoms with E-state index in [9.17, 15) is 0 Å². The number of fused-ring (bicyclic) bond motifs is 1. The summed E-state index contributed by atoms with van der Waals surface area (Å²) < 4.78 is 3.74. The number of aromatic nitrogens is 5. The summed E-state index contributed by atoms with van der Waals surface area (Å²) in [6, 6.07) is 5.81. The number of hydrogen-bond donors (Lipinski definition) is 1. The van der Waals surface area contributed by atoms with Crippen molar-refractivity contribution in [3.05, 3.63) is 30.1 Å². The van der Waals surface area contributed by atoms with Crippen LogP contribution in [0.5, 0.6) is 0 Å². The van der Waals surface area contributed by atoms with Gasteiger partial charge in [-0.1, -0.05) is 19.9 Å². The third kappa shape index (κ3) is 2.03. The lowest BCUT2D eigenvalue weighted by atomic mass is 10.1. The Morgan fingerprint density at radius 3 is 2.75 bits per heavy atom. The van der Waals surface area contributed by atoms with Gasteiger partial charge in [0.15, 0.2) is 5.65 Å². The van der Waals surface area contributed by atoms with Crippen LogP contribution in [0.2, 0.25) is 0 Å². The number of nitrogens with zero attached hydrogens (tertiary/aromatic N) is 5. The van der Waals surface area contributed by atoms with Crippen LogP contribution < -0.4 is 5.73 Å². The Kier molecular flexibility index (Phi) is 3.13. The Morgan fingerprint density at radius 1 is 1.25 bits per heavy atom. The van der Waals surface area contributed by atoms with Crippen LogP contribution in [0.1, 0.15) is 25.5 Å². The minimum Gasteiger partial charge on any atom is -0.395 e. The van der Waals surface area contributed by atoms with Gasteiger partial charge in [-0.15, -0.1) is 10.2 Å². The second-order valence-electron chi connectivity index (χ2n) is 4.90. The Bertz CT molecular complexity index is 757. The van der Waals surface area contributed by atoms with E-state index in [1.54, 1.807) is 4.68 Å². The highest BCUT2D eigenvalue weighted by Gasteiger charge is 2.18. The minimum atomic E-state index is 0.297. The molecule has 20 heavy (non-hydrogen) atoms. The lowest BCUT2D eigenvalue weighted by Crippen LogP contribution is -1.95. The van der Waals surface area contributed by atoms with Gasteiger partial charge in [0.05, 0.1) is 11.4 Å². The molecule has 7 heteroatoms. The molecule has 3 rings (SSSR count). The van der Waals surface area contributed by atoms with Gasteiger partial charge in [0.25, 0.3) is 0 Å². The topological polar surface area (TPSA) is 74.0 Å². The highest BCUT2D eigenvalue weighted by molar-refractivity contribution is 7.99. The first kappa shape index (κ1) is 13.0. The summed E-state index contributed by atoms with van der Waals surface area (Å²) in [4.78, 5) is 0. The molecule has 0 amide bonds. The van der Waals surface area contributed by atoms with Gasteiger partial charge in [-0.3, -0.25) is 9.08 Å². The number of rotatable bonds is 3. The molecule has 3 aromatic rings. The molecular weight excluding hydrogens is 272 g/mol. The second kappa shape index (κ2) is 4.82. The lowest BCUT2D eigenvalue weighted by Gasteiger charge is -2.02. The molecule has 0 atom stereocenters. The molecule has 0 aliphatic rings. The van der Waals surface area contributed by atoms with Crippen molar-refractivity contribution in [1.29, 1.82) is 0 Å². The Morgan fingerprint density at radius 2 is 2.05 bits per heavy atom. The van der Waals surface area contributed by atoms with Crippen LogP contribution in [0.25, 0.3) is 5.65 Å². The maximum Gasteiger partial charge on any atom is 0.201 e. The standard InChI is InChI=1S/C13H16N6S/c1-8(2)11-10(14)12(18(3)17-11)20-13-16-15-9-6-4-5-7-19(9)13/h4-8H,14H2,1-3H3. The van der Waals surface area contributed by atoms with Gasteiger partial charge in [-0.05, 0) is 29.8 Å². The highest BCUT2D eigenvalue weighted by Crippen LogP contribution is 2.34. The Labute approximate surface area is 121 Å². The van der Waals surface area contributed by atoms with Crippen molar-refractivity contribution in [2.45, 2.75) is 29.9 Å². The summed E-state index contributed by atoms with van der Waals surface area (Å²) in [5, 5.41) is 14.5. The van der Waals surface area contributed by atoms with Gasteiger partial charge in [0, 0.05) is 13.2 Å². The number of pyridine rings is 1. The molecule has 0 radical (unpaired) electrons. The molecule has 104 valence electrons. The van der Waals surface area contributed by atoms with Gasteiger partial charge in [0.2, 0.25) is 5.16 Å². The smallest absolute Gasteiger partial charge is 0.201 e. The fraction of sp³-hybridized carbons (Fsp3) is 0.308. The summed E-state index contributed by atoms with van der Waals surface area (Å²) >= 11 is 1.48. The average molecular weight is 288 g/mol. The molecule has 0 spiro atoms. The van der Waals surface area contributed by atoms with Crippen LogP contribution in [-0.4, -0.2) is 24.4 Å². The van der Waals surface area contributed by atoms with Gasteiger partial charge in [-0.2, -0.15) is 5.10 Å². The number of aryl methyl sites for hydroxylation is 1. The van der Waals surface area contributed by atoms with Gasteiger partial charge >= 0.3 is 0 Å². The molecule has 0 bridgehead atoms. The molecule has 0 aromatic carbocycles. The van der Waals surface area contributed by atoms with Crippen molar-refractivity contribution in [1.82, 2.24) is 24.4 Å². The predicted molar refractivity (Wildman–Crippen MR) is 78.8 cm³/mol. The molecule has 3 aromatic heterocycles. The molecule has 3 heterocycles. The van der Waals surface area contributed by atoms with Crippen LogP contribution >= 0.6 is 11.8 Å². The maximum absolute atomic E-state index is 6.20. The predicted octanol–water partition coefficient (Wildman–Crippen LogP) is 2.32. The fourth-order valence-corrected chi connectivity index (χ4v) is 2.96. The molecular formula is C13H16N6S. The minimum absolute atomic E-state index is 0.297. The molecule has 0 saturated heterocycles. The van der Waals surface area contributed by atoms with Crippen LogP contribution in [0.4, 0.5) is 5.69 Å². The van der Waals surface area contributed by atoms with Gasteiger partial charge < -0.3 is 5.73 Å². The number of nitrogens with two attached hydrogens (primary N) is 1. The van der Waals surface area contributed by atoms with E-state index >= 15 is 0 Å². The highest BCUT2D eigenvalue weighted by atomic mass is 32.2. The van der Waals surface area contributed by atoms with Crippen molar-refractivity contribution in [3.8, 4) is 0 Å². The maximum atomic E-state index is 6.20. The Hall–Kier alpha value is -2.02. The quantitative estimate of drug-likeness (QED) is 0.800. The summed E-state index contributed by atoms with van der Waals surface area (Å²) in [5.74, 6) is 0.297. The Balaban J connectivity index is 2.03. The van der Waals surface area contributed by atoms with Gasteiger partial charge in [0.1, 0.15) is 5.03 Å². The van der Waals surface area contributed by atoms with E-state index in [4.69, 9.17) is 5.73 Å². The number of hydrogen-bond acceptors (Lipinski definition) is 5. The molecule has 2 N–H and O–H groups in total. The first-order valence-electron chi connectivity index (χ1n) is 6.38. The summed E-state index contributed by atoms with van der Waals surface area (Å²) in [5.41, 5.74) is 8.67. The average Bonchev–Trinajstić information content (AvgIpc) is 2.95. The summed E-state index contributed by atoms with van der Waals surface area (Å²) in [6.45, 7) is 4.17. The van der Waals surface area contributed by atoms with Crippen LogP contribution in [0.3, 0.4) is 0 Å². The van der Waals surface area contributed by atoms with E-state index in [1.165, 1.54) is 11.8 Å². The molecule has 0 aliphatic carbocycles. The monoisotopic (exact) mass is 288 g/mol. The van der Waals surface area contributed by atoms with Gasteiger partial charge in [-0.25, -0.2) is 0 Å². The van der Waals surface area contributed by atoms with Crippen molar-refractivity contribution in [2.24, 2.45) is 7.05 Å². The van der Waals surface area contributed by atoms with Crippen LogP contribution in [0.15, 0.2) is 34.6 Å². The zero-order chi connectivity index (χ0) is 14.3. The van der Waals surface area contributed by atoms with E-state index in [-0.39, 0.29) is 0 Å². The first-order chi connectivity index (χ1) is 9.58. The van der Waals surface area contributed by atoms with Crippen LogP contribution in [-0.2, 0) is 7.05 Å². The second-order valence-corrected chi connectivity index (χ2v) is 5.85. The van der Waals surface area contributed by atoms with E-state index in [0.717, 1.165) is 27.2 Å². The van der Waals surface area contributed by atoms with Crippen LogP contribution in [0, 0.1) is 0 Å². The SMILES string of the molecule is CC(C)c1nn(C)c(Sc2nnc3ccccn23)c1N. The summed E-state index contributed by atoms with van der Waals surface area (Å²) in [7, 11) is 1.90. The first-order valence-corrected chi connectivity index (χ1v) is 7.19. The third-order valence-corrected chi connectivity index (χ3v) is 4.21. The largest absolute Gasteiger partial charge is 0.395 e. The van der Waals surface area contributed by atoms with E-state index in [0.29, 0.717) is 5.92 Å². The molecule has 0 saturated carbocycles. The third-order valence-electron chi connectivity index (χ3n) is 3.08. The molecule has 6 nitrogen and oxygen atoms in total. The van der Waals surface area contributed by atoms with Crippen molar-refractivity contribution in [2.75, 3.05) is 5.73 Å². The van der Waals surface area contributed by atoms with Crippen molar-refractivity contribution < 1.29 is 0 Å². The van der Waals surface area contributed by atoms with Crippen molar-refractivity contribution >= 4 is 23.1 Å². The number of nitrogen functional groups attached to an aromatic ring is 1. The molecule has 0 unspecified atom stereocenters. The zero-order valence-corrected chi connectivity index (χ0v) is 12.4. The molecule has 0 aliphatic heterocycles. The zero-order valence-electron chi connectivity index (χ0n) is 11.6. The molecule has 0 fully saturated rings. The van der Waals surface area contributed by atoms with E-state index < -0.39 is 0 Å². The fourth-order valence-electron chi connectivity index (χ4n) is 2.07. The van der Waals surface area contributed by atoms with E-state index in [2.05, 4.69) is 29.1 Å². The number of anilines is 1. The lowest BCUT2D eigenvalue weighted by molar-refractivity contribution is 0.670. The normalized spacial score (nSPS) is 11.6.